The van der Waals surface area contributed by atoms with Crippen molar-refractivity contribution in [2.24, 2.45) is 5.92 Å². The van der Waals surface area contributed by atoms with Crippen LogP contribution in [0.1, 0.15) is 37.3 Å². The minimum atomic E-state index is 0.681. The van der Waals surface area contributed by atoms with Crippen LogP contribution in [0.2, 0.25) is 0 Å². The van der Waals surface area contributed by atoms with Crippen LogP contribution in [-0.4, -0.2) is 12.6 Å². The summed E-state index contributed by atoms with van der Waals surface area (Å²) < 4.78 is 0. The van der Waals surface area contributed by atoms with Crippen LogP contribution in [-0.2, 0) is 6.42 Å². The molecule has 2 rings (SSSR count). The van der Waals surface area contributed by atoms with Crippen molar-refractivity contribution in [2.45, 2.75) is 45.6 Å². The van der Waals surface area contributed by atoms with E-state index >= 15 is 0 Å². The topological polar surface area (TPSA) is 12.0 Å². The number of hydrogen-bond donors (Lipinski definition) is 1. The Bertz CT molecular complexity index is 311. The summed E-state index contributed by atoms with van der Waals surface area (Å²) in [6, 6.07) is 9.66. The van der Waals surface area contributed by atoms with Gasteiger partial charge in [0.1, 0.15) is 0 Å². The highest BCUT2D eigenvalue weighted by Gasteiger charge is 2.24. The fourth-order valence-corrected chi connectivity index (χ4v) is 2.29. The summed E-state index contributed by atoms with van der Waals surface area (Å²) in [5, 5.41) is 3.62. The average molecular weight is 217 g/mol. The smallest absolute Gasteiger partial charge is 0.0110 e. The Morgan fingerprint density at radius 2 is 1.94 bits per heavy atom. The van der Waals surface area contributed by atoms with Crippen LogP contribution >= 0.6 is 0 Å². The Morgan fingerprint density at radius 3 is 2.50 bits per heavy atom. The van der Waals surface area contributed by atoms with Crippen LogP contribution in [0.4, 0.5) is 0 Å². The standard InChI is InChI=1S/C15H23N/c1-3-16-15(11-14-8-9-14)10-13-6-4-12(2)5-7-13/h4-7,14-16H,3,8-11H2,1-2H3. The van der Waals surface area contributed by atoms with Crippen molar-refractivity contribution < 1.29 is 0 Å². The lowest BCUT2D eigenvalue weighted by atomic mass is 10.0. The summed E-state index contributed by atoms with van der Waals surface area (Å²) in [5.74, 6) is 1.01. The summed E-state index contributed by atoms with van der Waals surface area (Å²) in [7, 11) is 0. The highest BCUT2D eigenvalue weighted by molar-refractivity contribution is 5.22. The third-order valence-electron chi connectivity index (χ3n) is 3.41. The van der Waals surface area contributed by atoms with Gasteiger partial charge >= 0.3 is 0 Å². The van der Waals surface area contributed by atoms with Crippen molar-refractivity contribution in [3.63, 3.8) is 0 Å². The Labute approximate surface area is 99.3 Å². The molecule has 1 aliphatic carbocycles. The van der Waals surface area contributed by atoms with Crippen molar-refractivity contribution in [3.8, 4) is 0 Å². The first-order valence-corrected chi connectivity index (χ1v) is 6.57. The van der Waals surface area contributed by atoms with Crippen LogP contribution in [0.25, 0.3) is 0 Å². The molecule has 1 aromatic rings. The van der Waals surface area contributed by atoms with E-state index in [0.29, 0.717) is 6.04 Å². The Morgan fingerprint density at radius 1 is 1.25 bits per heavy atom. The van der Waals surface area contributed by atoms with Gasteiger partial charge in [-0.1, -0.05) is 49.6 Å². The summed E-state index contributed by atoms with van der Waals surface area (Å²) in [5.41, 5.74) is 2.82. The molecule has 88 valence electrons. The molecule has 1 aliphatic rings. The van der Waals surface area contributed by atoms with Crippen LogP contribution in [0.15, 0.2) is 24.3 Å². The number of nitrogens with one attached hydrogen (secondary N) is 1. The highest BCUT2D eigenvalue weighted by Crippen LogP contribution is 2.34. The van der Waals surface area contributed by atoms with Gasteiger partial charge in [0.15, 0.2) is 0 Å². The van der Waals surface area contributed by atoms with E-state index in [0.717, 1.165) is 12.5 Å². The number of likely N-dealkylation sites (N-methyl/N-ethyl adjacent to an activating group) is 1. The van der Waals surface area contributed by atoms with Gasteiger partial charge in [0.05, 0.1) is 0 Å². The third-order valence-corrected chi connectivity index (χ3v) is 3.41. The Balaban J connectivity index is 1.90. The van der Waals surface area contributed by atoms with E-state index in [4.69, 9.17) is 0 Å². The molecule has 0 aromatic heterocycles. The van der Waals surface area contributed by atoms with Gasteiger partial charge in [0, 0.05) is 6.04 Å². The van der Waals surface area contributed by atoms with Crippen molar-refractivity contribution in [3.05, 3.63) is 35.4 Å². The SMILES string of the molecule is CCNC(Cc1ccc(C)cc1)CC1CC1. The zero-order valence-electron chi connectivity index (χ0n) is 10.5. The van der Waals surface area contributed by atoms with Gasteiger partial charge in [-0.05, 0) is 37.8 Å². The molecule has 1 nitrogen and oxygen atoms in total. The largest absolute Gasteiger partial charge is 0.314 e. The second kappa shape index (κ2) is 5.49. The zero-order valence-corrected chi connectivity index (χ0v) is 10.5. The predicted octanol–water partition coefficient (Wildman–Crippen LogP) is 3.32. The molecule has 16 heavy (non-hydrogen) atoms. The van der Waals surface area contributed by atoms with E-state index in [1.54, 1.807) is 0 Å². The van der Waals surface area contributed by atoms with Crippen molar-refractivity contribution in [2.75, 3.05) is 6.54 Å². The molecule has 1 unspecified atom stereocenters. The molecule has 1 aromatic carbocycles. The van der Waals surface area contributed by atoms with E-state index in [1.807, 2.05) is 0 Å². The summed E-state index contributed by atoms with van der Waals surface area (Å²) in [6.07, 6.45) is 5.46. The van der Waals surface area contributed by atoms with Crippen molar-refractivity contribution in [1.29, 1.82) is 0 Å². The summed E-state index contributed by atoms with van der Waals surface area (Å²) in [4.78, 5) is 0. The second-order valence-electron chi connectivity index (χ2n) is 5.12. The van der Waals surface area contributed by atoms with Crippen LogP contribution in [0.5, 0.6) is 0 Å². The molecular weight excluding hydrogens is 194 g/mol. The van der Waals surface area contributed by atoms with Gasteiger partial charge in [0.25, 0.3) is 0 Å². The lowest BCUT2D eigenvalue weighted by Crippen LogP contribution is -2.31. The molecule has 0 aliphatic heterocycles. The molecule has 0 saturated heterocycles. The molecule has 1 fully saturated rings. The predicted molar refractivity (Wildman–Crippen MR) is 69.7 cm³/mol. The molecule has 1 N–H and O–H groups in total. The van der Waals surface area contributed by atoms with Gasteiger partial charge in [-0.15, -0.1) is 0 Å². The van der Waals surface area contributed by atoms with E-state index in [1.165, 1.54) is 36.8 Å². The van der Waals surface area contributed by atoms with E-state index in [9.17, 15) is 0 Å². The average Bonchev–Trinajstić information content (AvgIpc) is 3.06. The zero-order chi connectivity index (χ0) is 11.4. The molecule has 1 saturated carbocycles. The molecule has 0 spiro atoms. The fraction of sp³-hybridized carbons (Fsp3) is 0.600. The monoisotopic (exact) mass is 217 g/mol. The second-order valence-corrected chi connectivity index (χ2v) is 5.12. The maximum absolute atomic E-state index is 3.62. The lowest BCUT2D eigenvalue weighted by molar-refractivity contribution is 0.466. The first-order chi connectivity index (χ1) is 7.78. The maximum atomic E-state index is 3.62. The lowest BCUT2D eigenvalue weighted by Gasteiger charge is -2.17. The van der Waals surface area contributed by atoms with Crippen LogP contribution < -0.4 is 5.32 Å². The van der Waals surface area contributed by atoms with Gasteiger partial charge in [-0.25, -0.2) is 0 Å². The van der Waals surface area contributed by atoms with Gasteiger partial charge < -0.3 is 5.32 Å². The minimum Gasteiger partial charge on any atom is -0.314 e. The van der Waals surface area contributed by atoms with E-state index in [2.05, 4.69) is 43.4 Å². The molecule has 0 heterocycles. The number of hydrogen-bond acceptors (Lipinski definition) is 1. The Kier molecular flexibility index (Phi) is 4.00. The highest BCUT2D eigenvalue weighted by atomic mass is 14.9. The van der Waals surface area contributed by atoms with Crippen LogP contribution in [0, 0.1) is 12.8 Å². The van der Waals surface area contributed by atoms with E-state index < -0.39 is 0 Å². The van der Waals surface area contributed by atoms with Gasteiger partial charge in [-0.3, -0.25) is 0 Å². The van der Waals surface area contributed by atoms with E-state index in [-0.39, 0.29) is 0 Å². The fourth-order valence-electron chi connectivity index (χ4n) is 2.29. The molecule has 1 heteroatoms. The first-order valence-electron chi connectivity index (χ1n) is 6.57. The molecule has 1 atom stereocenters. The minimum absolute atomic E-state index is 0.681. The molecule has 0 radical (unpaired) electrons. The molecular formula is C15H23N. The molecule has 0 amide bonds. The normalized spacial score (nSPS) is 17.4. The quantitative estimate of drug-likeness (QED) is 0.771. The Hall–Kier alpha value is -0.820. The molecule has 0 bridgehead atoms. The number of aryl methyl sites for hydroxylation is 1. The van der Waals surface area contributed by atoms with Crippen molar-refractivity contribution >= 4 is 0 Å². The van der Waals surface area contributed by atoms with Crippen LogP contribution in [0.3, 0.4) is 0 Å². The number of rotatable bonds is 6. The first kappa shape index (κ1) is 11.7. The number of benzene rings is 1. The van der Waals surface area contributed by atoms with Gasteiger partial charge in [0.2, 0.25) is 0 Å². The van der Waals surface area contributed by atoms with Crippen molar-refractivity contribution in [1.82, 2.24) is 5.32 Å². The summed E-state index contributed by atoms with van der Waals surface area (Å²) in [6.45, 7) is 5.44. The summed E-state index contributed by atoms with van der Waals surface area (Å²) >= 11 is 0. The maximum Gasteiger partial charge on any atom is 0.0110 e. The van der Waals surface area contributed by atoms with Gasteiger partial charge in [-0.2, -0.15) is 0 Å². The third kappa shape index (κ3) is 3.64.